The van der Waals surface area contributed by atoms with Crippen molar-refractivity contribution in [1.29, 1.82) is 0 Å². The Bertz CT molecular complexity index is 176. The highest BCUT2D eigenvalue weighted by molar-refractivity contribution is 4.83. The molecule has 0 aromatic heterocycles. The van der Waals surface area contributed by atoms with Gasteiger partial charge >= 0.3 is 0 Å². The molecule has 0 aromatic rings. The van der Waals surface area contributed by atoms with Gasteiger partial charge in [-0.2, -0.15) is 0 Å². The van der Waals surface area contributed by atoms with Gasteiger partial charge in [0.1, 0.15) is 0 Å². The highest BCUT2D eigenvalue weighted by atomic mass is 15.0. The van der Waals surface area contributed by atoms with Crippen molar-refractivity contribution in [2.45, 2.75) is 72.4 Å². The number of hydrogen-bond donors (Lipinski definition) is 1. The molecule has 1 N–H and O–H groups in total. The lowest BCUT2D eigenvalue weighted by atomic mass is 9.78. The first-order valence-electron chi connectivity index (χ1n) is 6.80. The van der Waals surface area contributed by atoms with Crippen LogP contribution >= 0.6 is 0 Å². The molecule has 1 fully saturated rings. The minimum atomic E-state index is 0.718. The fourth-order valence-electron chi connectivity index (χ4n) is 2.78. The predicted octanol–water partition coefficient (Wildman–Crippen LogP) is 3.84. The van der Waals surface area contributed by atoms with Crippen LogP contribution in [-0.4, -0.2) is 12.1 Å². The molecule has 0 bridgehead atoms. The van der Waals surface area contributed by atoms with Crippen molar-refractivity contribution in [3.05, 3.63) is 0 Å². The normalized spacial score (nSPS) is 34.4. The minimum absolute atomic E-state index is 0.718. The lowest BCUT2D eigenvalue weighted by Crippen LogP contribution is -2.44. The van der Waals surface area contributed by atoms with Crippen LogP contribution in [0.5, 0.6) is 0 Å². The summed E-state index contributed by atoms with van der Waals surface area (Å²) < 4.78 is 0. The van der Waals surface area contributed by atoms with Gasteiger partial charge in [0, 0.05) is 12.1 Å². The molecule has 0 radical (unpaired) electrons. The van der Waals surface area contributed by atoms with E-state index in [9.17, 15) is 0 Å². The molecule has 0 amide bonds. The summed E-state index contributed by atoms with van der Waals surface area (Å²) in [6.45, 7) is 11.8. The zero-order chi connectivity index (χ0) is 11.4. The second-order valence-electron chi connectivity index (χ2n) is 5.89. The number of rotatable bonds is 4. The van der Waals surface area contributed by atoms with E-state index in [1.54, 1.807) is 0 Å². The summed E-state index contributed by atoms with van der Waals surface area (Å²) in [5.41, 5.74) is 0. The summed E-state index contributed by atoms with van der Waals surface area (Å²) in [5, 5.41) is 3.86. The molecular formula is C14H29N. The highest BCUT2D eigenvalue weighted by Gasteiger charge is 2.26. The van der Waals surface area contributed by atoms with E-state index in [-0.39, 0.29) is 0 Å². The Hall–Kier alpha value is -0.0400. The second-order valence-corrected chi connectivity index (χ2v) is 5.89. The van der Waals surface area contributed by atoms with Crippen molar-refractivity contribution in [1.82, 2.24) is 5.32 Å². The number of nitrogens with one attached hydrogen (secondary N) is 1. The van der Waals surface area contributed by atoms with Crippen LogP contribution in [-0.2, 0) is 0 Å². The van der Waals surface area contributed by atoms with E-state index in [1.165, 1.54) is 25.7 Å². The monoisotopic (exact) mass is 211 g/mol. The van der Waals surface area contributed by atoms with Crippen molar-refractivity contribution in [3.63, 3.8) is 0 Å². The third-order valence-electron chi connectivity index (χ3n) is 4.29. The van der Waals surface area contributed by atoms with Crippen LogP contribution in [0, 0.1) is 17.8 Å². The largest absolute Gasteiger partial charge is 0.311 e. The molecule has 0 heterocycles. The van der Waals surface area contributed by atoms with Gasteiger partial charge in [0.25, 0.3) is 0 Å². The zero-order valence-corrected chi connectivity index (χ0v) is 11.2. The maximum atomic E-state index is 3.86. The molecule has 0 aliphatic heterocycles. The molecule has 0 saturated heterocycles. The lowest BCUT2D eigenvalue weighted by Gasteiger charge is -2.36. The molecule has 4 atom stereocenters. The van der Waals surface area contributed by atoms with Gasteiger partial charge in [0.05, 0.1) is 0 Å². The highest BCUT2D eigenvalue weighted by Crippen LogP contribution is 2.29. The third-order valence-corrected chi connectivity index (χ3v) is 4.29. The first kappa shape index (κ1) is 13.0. The summed E-state index contributed by atoms with van der Waals surface area (Å²) in [5.74, 6) is 2.60. The average molecular weight is 211 g/mol. The summed E-state index contributed by atoms with van der Waals surface area (Å²) >= 11 is 0. The van der Waals surface area contributed by atoms with Crippen LogP contribution in [0.25, 0.3) is 0 Å². The van der Waals surface area contributed by atoms with Crippen LogP contribution in [0.2, 0.25) is 0 Å². The van der Waals surface area contributed by atoms with Crippen LogP contribution in [0.3, 0.4) is 0 Å². The summed E-state index contributed by atoms with van der Waals surface area (Å²) in [7, 11) is 0. The summed E-state index contributed by atoms with van der Waals surface area (Å²) in [6, 6.07) is 1.50. The molecule has 0 spiro atoms. The molecule has 1 rings (SSSR count). The molecule has 4 unspecified atom stereocenters. The Morgan fingerprint density at radius 3 is 2.27 bits per heavy atom. The van der Waals surface area contributed by atoms with Crippen LogP contribution in [0.1, 0.15) is 60.3 Å². The van der Waals surface area contributed by atoms with Crippen LogP contribution in [0.15, 0.2) is 0 Å². The minimum Gasteiger partial charge on any atom is -0.311 e. The topological polar surface area (TPSA) is 12.0 Å². The van der Waals surface area contributed by atoms with Crippen LogP contribution in [0.4, 0.5) is 0 Å². The maximum absolute atomic E-state index is 3.86. The Balaban J connectivity index is 2.38. The predicted molar refractivity (Wildman–Crippen MR) is 68.0 cm³/mol. The van der Waals surface area contributed by atoms with Gasteiger partial charge < -0.3 is 5.32 Å². The fourth-order valence-corrected chi connectivity index (χ4v) is 2.78. The number of hydrogen-bond acceptors (Lipinski definition) is 1. The van der Waals surface area contributed by atoms with Crippen LogP contribution < -0.4 is 5.32 Å². The van der Waals surface area contributed by atoms with Crippen molar-refractivity contribution in [2.24, 2.45) is 17.8 Å². The van der Waals surface area contributed by atoms with Crippen molar-refractivity contribution >= 4 is 0 Å². The standard InChI is InChI=1S/C14H29N/c1-6-14(10(2)3)15-13-8-7-11(4)12(5)9-13/h10-15H,6-9H2,1-5H3. The molecular weight excluding hydrogens is 182 g/mol. The molecule has 1 nitrogen and oxygen atoms in total. The first-order valence-corrected chi connectivity index (χ1v) is 6.80. The summed E-state index contributed by atoms with van der Waals surface area (Å²) in [4.78, 5) is 0. The third kappa shape index (κ3) is 3.79. The molecule has 1 saturated carbocycles. The zero-order valence-electron chi connectivity index (χ0n) is 11.2. The van der Waals surface area contributed by atoms with E-state index in [2.05, 4.69) is 39.9 Å². The van der Waals surface area contributed by atoms with Crippen molar-refractivity contribution in [2.75, 3.05) is 0 Å². The van der Waals surface area contributed by atoms with E-state index in [0.29, 0.717) is 0 Å². The molecule has 0 aromatic carbocycles. The molecule has 15 heavy (non-hydrogen) atoms. The lowest BCUT2D eigenvalue weighted by molar-refractivity contribution is 0.202. The average Bonchev–Trinajstić information content (AvgIpc) is 2.19. The Kier molecular flexibility index (Phi) is 5.11. The summed E-state index contributed by atoms with van der Waals surface area (Å²) in [6.07, 6.45) is 5.44. The SMILES string of the molecule is CCC(NC1CCC(C)C(C)C1)C(C)C. The first-order chi connectivity index (χ1) is 7.04. The quantitative estimate of drug-likeness (QED) is 0.745. The molecule has 1 heteroatoms. The van der Waals surface area contributed by atoms with E-state index >= 15 is 0 Å². The Labute approximate surface area is 96.0 Å². The van der Waals surface area contributed by atoms with Gasteiger partial charge in [0.2, 0.25) is 0 Å². The van der Waals surface area contributed by atoms with E-state index in [0.717, 1.165) is 29.8 Å². The van der Waals surface area contributed by atoms with E-state index < -0.39 is 0 Å². The smallest absolute Gasteiger partial charge is 0.00900 e. The van der Waals surface area contributed by atoms with E-state index in [1.807, 2.05) is 0 Å². The fraction of sp³-hybridized carbons (Fsp3) is 1.00. The Morgan fingerprint density at radius 2 is 1.80 bits per heavy atom. The van der Waals surface area contributed by atoms with Gasteiger partial charge in [-0.1, -0.05) is 34.6 Å². The van der Waals surface area contributed by atoms with Crippen molar-refractivity contribution < 1.29 is 0 Å². The molecule has 1 aliphatic rings. The van der Waals surface area contributed by atoms with Gasteiger partial charge in [-0.05, 0) is 43.4 Å². The second kappa shape index (κ2) is 5.89. The Morgan fingerprint density at radius 1 is 1.13 bits per heavy atom. The molecule has 90 valence electrons. The maximum Gasteiger partial charge on any atom is 0.00900 e. The van der Waals surface area contributed by atoms with Gasteiger partial charge in [-0.25, -0.2) is 0 Å². The molecule has 1 aliphatic carbocycles. The van der Waals surface area contributed by atoms with Gasteiger partial charge in [-0.3, -0.25) is 0 Å². The van der Waals surface area contributed by atoms with Gasteiger partial charge in [0.15, 0.2) is 0 Å². The van der Waals surface area contributed by atoms with Gasteiger partial charge in [-0.15, -0.1) is 0 Å². The van der Waals surface area contributed by atoms with E-state index in [4.69, 9.17) is 0 Å². The van der Waals surface area contributed by atoms with Crippen molar-refractivity contribution in [3.8, 4) is 0 Å².